The van der Waals surface area contributed by atoms with Gasteiger partial charge in [0.15, 0.2) is 0 Å². The summed E-state index contributed by atoms with van der Waals surface area (Å²) >= 11 is 0. The smallest absolute Gasteiger partial charge is 0.272 e. The van der Waals surface area contributed by atoms with Crippen molar-refractivity contribution in [2.75, 3.05) is 19.6 Å². The summed E-state index contributed by atoms with van der Waals surface area (Å²) in [7, 11) is 0. The summed E-state index contributed by atoms with van der Waals surface area (Å²) < 4.78 is 1.91. The lowest BCUT2D eigenvalue weighted by Crippen LogP contribution is -2.52. The van der Waals surface area contributed by atoms with Crippen molar-refractivity contribution in [2.45, 2.75) is 51.6 Å². The molecule has 6 heteroatoms. The van der Waals surface area contributed by atoms with E-state index in [0.717, 1.165) is 32.4 Å². The molecule has 2 rings (SSSR count). The Labute approximate surface area is 132 Å². The quantitative estimate of drug-likeness (QED) is 0.739. The summed E-state index contributed by atoms with van der Waals surface area (Å²) in [5.41, 5.74) is 5.93. The van der Waals surface area contributed by atoms with Gasteiger partial charge in [-0.05, 0) is 44.7 Å². The van der Waals surface area contributed by atoms with Crippen LogP contribution < -0.4 is 16.4 Å². The monoisotopic (exact) mass is 307 g/mol. The minimum Gasteiger partial charge on any atom is -0.344 e. The van der Waals surface area contributed by atoms with E-state index in [1.165, 1.54) is 0 Å². The third-order valence-corrected chi connectivity index (χ3v) is 4.21. The van der Waals surface area contributed by atoms with Crippen molar-refractivity contribution in [3.8, 4) is 0 Å². The number of aromatic nitrogens is 2. The molecule has 1 aromatic heterocycles. The molecule has 1 aromatic rings. The molecule has 0 aliphatic carbocycles. The van der Waals surface area contributed by atoms with Crippen molar-refractivity contribution >= 4 is 5.91 Å². The Morgan fingerprint density at radius 1 is 1.64 bits per heavy atom. The summed E-state index contributed by atoms with van der Waals surface area (Å²) in [6.07, 6.45) is 4.99. The first-order valence-corrected chi connectivity index (χ1v) is 8.22. The van der Waals surface area contributed by atoms with E-state index in [-0.39, 0.29) is 11.4 Å². The highest BCUT2D eigenvalue weighted by atomic mass is 16.2. The largest absolute Gasteiger partial charge is 0.344 e. The van der Waals surface area contributed by atoms with Crippen LogP contribution in [0, 0.1) is 5.92 Å². The second-order valence-corrected chi connectivity index (χ2v) is 7.00. The predicted molar refractivity (Wildman–Crippen MR) is 87.7 cm³/mol. The van der Waals surface area contributed by atoms with Crippen LogP contribution in [0.25, 0.3) is 0 Å². The zero-order chi connectivity index (χ0) is 16.2. The number of amides is 1. The normalized spacial score (nSPS) is 21.6. The molecule has 0 aromatic carbocycles. The molecule has 2 heterocycles. The number of piperidine rings is 1. The summed E-state index contributed by atoms with van der Waals surface area (Å²) in [5, 5.41) is 10.9. The molecule has 4 N–H and O–H groups in total. The predicted octanol–water partition coefficient (Wildman–Crippen LogP) is 1.30. The highest BCUT2D eigenvalue weighted by molar-refractivity contribution is 5.92. The number of hydrogen-bond donors (Lipinski definition) is 3. The molecule has 0 radical (unpaired) electrons. The van der Waals surface area contributed by atoms with E-state index in [1.54, 1.807) is 6.07 Å². The van der Waals surface area contributed by atoms with Gasteiger partial charge in [-0.25, -0.2) is 0 Å². The average molecular weight is 307 g/mol. The minimum absolute atomic E-state index is 0.142. The number of nitrogens with zero attached hydrogens (tertiary/aromatic N) is 2. The molecular formula is C16H29N5O. The molecule has 1 aliphatic rings. The lowest BCUT2D eigenvalue weighted by molar-refractivity contribution is 0.0891. The number of nitrogens with two attached hydrogens (primary N) is 1. The summed E-state index contributed by atoms with van der Waals surface area (Å²) in [5.74, 6) is 0.329. The van der Waals surface area contributed by atoms with Gasteiger partial charge in [-0.2, -0.15) is 5.10 Å². The van der Waals surface area contributed by atoms with Gasteiger partial charge in [-0.1, -0.05) is 13.8 Å². The molecule has 0 spiro atoms. The molecule has 1 saturated heterocycles. The van der Waals surface area contributed by atoms with Crippen molar-refractivity contribution in [3.63, 3.8) is 0 Å². The maximum atomic E-state index is 12.4. The number of carbonyl (C=O) groups is 1. The first-order valence-electron chi connectivity index (χ1n) is 8.22. The van der Waals surface area contributed by atoms with Crippen LogP contribution in [0.15, 0.2) is 12.3 Å². The van der Waals surface area contributed by atoms with Crippen molar-refractivity contribution < 1.29 is 4.79 Å². The van der Waals surface area contributed by atoms with Crippen LogP contribution in [0.3, 0.4) is 0 Å². The SMILES string of the molecule is CC(C)CC(C)(CN)NC(=O)c1ccn(C2CCCNC2)n1. The fraction of sp³-hybridized carbons (Fsp3) is 0.750. The van der Waals surface area contributed by atoms with Crippen molar-refractivity contribution in [1.82, 2.24) is 20.4 Å². The van der Waals surface area contributed by atoms with Gasteiger partial charge in [0, 0.05) is 19.3 Å². The van der Waals surface area contributed by atoms with Gasteiger partial charge in [0.2, 0.25) is 0 Å². The average Bonchev–Trinajstić information content (AvgIpc) is 2.97. The second kappa shape index (κ2) is 7.24. The van der Waals surface area contributed by atoms with Crippen molar-refractivity contribution in [1.29, 1.82) is 0 Å². The molecule has 2 atom stereocenters. The third kappa shape index (κ3) is 4.30. The molecule has 6 nitrogen and oxygen atoms in total. The van der Waals surface area contributed by atoms with Crippen molar-refractivity contribution in [3.05, 3.63) is 18.0 Å². The molecule has 22 heavy (non-hydrogen) atoms. The van der Waals surface area contributed by atoms with Gasteiger partial charge >= 0.3 is 0 Å². The number of rotatable bonds is 6. The lowest BCUT2D eigenvalue weighted by atomic mass is 9.90. The molecular weight excluding hydrogens is 278 g/mol. The van der Waals surface area contributed by atoms with Crippen LogP contribution in [0.4, 0.5) is 0 Å². The van der Waals surface area contributed by atoms with Gasteiger partial charge < -0.3 is 16.4 Å². The highest BCUT2D eigenvalue weighted by Gasteiger charge is 2.27. The van der Waals surface area contributed by atoms with Crippen LogP contribution in [0.5, 0.6) is 0 Å². The van der Waals surface area contributed by atoms with Crippen LogP contribution >= 0.6 is 0 Å². The summed E-state index contributed by atoms with van der Waals surface area (Å²) in [6, 6.07) is 2.13. The van der Waals surface area contributed by atoms with E-state index >= 15 is 0 Å². The molecule has 1 amide bonds. The van der Waals surface area contributed by atoms with E-state index in [2.05, 4.69) is 29.6 Å². The zero-order valence-corrected chi connectivity index (χ0v) is 13.9. The van der Waals surface area contributed by atoms with Crippen LogP contribution in [-0.2, 0) is 0 Å². The molecule has 2 unspecified atom stereocenters. The molecule has 0 saturated carbocycles. The van der Waals surface area contributed by atoms with Crippen LogP contribution in [0.1, 0.15) is 56.6 Å². The Hall–Kier alpha value is -1.40. The van der Waals surface area contributed by atoms with E-state index in [1.807, 2.05) is 17.8 Å². The molecule has 0 bridgehead atoms. The van der Waals surface area contributed by atoms with Gasteiger partial charge in [0.05, 0.1) is 11.6 Å². The number of nitrogens with one attached hydrogen (secondary N) is 2. The van der Waals surface area contributed by atoms with Gasteiger partial charge in [-0.15, -0.1) is 0 Å². The fourth-order valence-electron chi connectivity index (χ4n) is 3.15. The zero-order valence-electron chi connectivity index (χ0n) is 13.9. The van der Waals surface area contributed by atoms with Gasteiger partial charge in [-0.3, -0.25) is 9.48 Å². The maximum absolute atomic E-state index is 12.4. The topological polar surface area (TPSA) is 85.0 Å². The third-order valence-electron chi connectivity index (χ3n) is 4.21. The van der Waals surface area contributed by atoms with Crippen LogP contribution in [-0.4, -0.2) is 40.9 Å². The van der Waals surface area contributed by atoms with E-state index in [4.69, 9.17) is 5.73 Å². The van der Waals surface area contributed by atoms with E-state index in [0.29, 0.717) is 24.2 Å². The first-order chi connectivity index (χ1) is 10.4. The Morgan fingerprint density at radius 2 is 2.41 bits per heavy atom. The minimum atomic E-state index is -0.387. The first kappa shape index (κ1) is 17.0. The molecule has 1 fully saturated rings. The van der Waals surface area contributed by atoms with Gasteiger partial charge in [0.1, 0.15) is 5.69 Å². The van der Waals surface area contributed by atoms with E-state index in [9.17, 15) is 4.79 Å². The second-order valence-electron chi connectivity index (χ2n) is 7.00. The Morgan fingerprint density at radius 3 is 3.00 bits per heavy atom. The number of hydrogen-bond acceptors (Lipinski definition) is 4. The van der Waals surface area contributed by atoms with Crippen LogP contribution in [0.2, 0.25) is 0 Å². The molecule has 124 valence electrons. The van der Waals surface area contributed by atoms with Crippen molar-refractivity contribution in [2.24, 2.45) is 11.7 Å². The van der Waals surface area contributed by atoms with E-state index < -0.39 is 0 Å². The Balaban J connectivity index is 2.01. The highest BCUT2D eigenvalue weighted by Crippen LogP contribution is 2.18. The van der Waals surface area contributed by atoms with Gasteiger partial charge in [0.25, 0.3) is 5.91 Å². The fourth-order valence-corrected chi connectivity index (χ4v) is 3.15. The number of carbonyl (C=O) groups excluding carboxylic acids is 1. The Bertz CT molecular complexity index is 492. The standard InChI is InChI=1S/C16H29N5O/c1-12(2)9-16(3,11-17)19-15(22)14-6-8-21(20-14)13-5-4-7-18-10-13/h6,8,12-13,18H,4-5,7,9-11,17H2,1-3H3,(H,19,22). The Kier molecular flexibility index (Phi) is 5.58. The lowest BCUT2D eigenvalue weighted by Gasteiger charge is -2.30. The summed E-state index contributed by atoms with van der Waals surface area (Å²) in [4.78, 5) is 12.4. The molecule has 1 aliphatic heterocycles. The maximum Gasteiger partial charge on any atom is 0.272 e. The summed E-state index contributed by atoms with van der Waals surface area (Å²) in [6.45, 7) is 8.65.